The molecule has 182 valence electrons. The fraction of sp³-hybridized carbons (Fsp3) is 0.737. The Bertz CT molecular complexity index is 728. The molecule has 0 radical (unpaired) electrons. The summed E-state index contributed by atoms with van der Waals surface area (Å²) in [7, 11) is 2.29. The highest BCUT2D eigenvalue weighted by Gasteiger charge is 2.56. The summed E-state index contributed by atoms with van der Waals surface area (Å²) >= 11 is 0. The van der Waals surface area contributed by atoms with Crippen molar-refractivity contribution >= 4 is 29.8 Å². The van der Waals surface area contributed by atoms with Gasteiger partial charge in [-0.3, -0.25) is 19.2 Å². The van der Waals surface area contributed by atoms with Crippen LogP contribution in [0.4, 0.5) is 0 Å². The SMILES string of the molecule is COC(=O)[C@@]1(OC)C[C@H](N)[C@@H](NC(C)=O)[C@H]([C@H](OC(C)=O)[C@@H](COC(C)=O)OC(C)=O)O1. The first-order valence-corrected chi connectivity index (χ1v) is 9.68. The molecule has 13 nitrogen and oxygen atoms in total. The number of amides is 1. The predicted molar refractivity (Wildman–Crippen MR) is 105 cm³/mol. The number of rotatable bonds is 9. The highest BCUT2D eigenvalue weighted by molar-refractivity contribution is 5.78. The zero-order chi connectivity index (χ0) is 24.6. The zero-order valence-corrected chi connectivity index (χ0v) is 18.9. The van der Waals surface area contributed by atoms with Gasteiger partial charge >= 0.3 is 23.9 Å². The number of carbonyl (C=O) groups excluding carboxylic acids is 5. The number of nitrogens with two attached hydrogens (primary N) is 1. The molecule has 1 saturated heterocycles. The van der Waals surface area contributed by atoms with Gasteiger partial charge in [0, 0.05) is 47.3 Å². The first kappa shape index (κ1) is 27.3. The van der Waals surface area contributed by atoms with Crippen molar-refractivity contribution in [1.29, 1.82) is 0 Å². The molecule has 1 rings (SSSR count). The molecule has 0 aliphatic carbocycles. The van der Waals surface area contributed by atoms with E-state index in [2.05, 4.69) is 5.32 Å². The lowest BCUT2D eigenvalue weighted by atomic mass is 9.87. The van der Waals surface area contributed by atoms with Crippen molar-refractivity contribution in [2.75, 3.05) is 20.8 Å². The summed E-state index contributed by atoms with van der Waals surface area (Å²) in [5, 5.41) is 2.59. The second-order valence-electron chi connectivity index (χ2n) is 7.15. The van der Waals surface area contributed by atoms with Gasteiger partial charge in [-0.05, 0) is 0 Å². The Morgan fingerprint density at radius 3 is 2.06 bits per heavy atom. The van der Waals surface area contributed by atoms with Crippen molar-refractivity contribution in [3.63, 3.8) is 0 Å². The molecule has 3 N–H and O–H groups in total. The van der Waals surface area contributed by atoms with E-state index >= 15 is 0 Å². The van der Waals surface area contributed by atoms with Gasteiger partial charge in [0.25, 0.3) is 5.79 Å². The maximum absolute atomic E-state index is 12.5. The van der Waals surface area contributed by atoms with Crippen molar-refractivity contribution in [2.24, 2.45) is 5.73 Å². The van der Waals surface area contributed by atoms with E-state index in [1.165, 1.54) is 14.0 Å². The highest BCUT2D eigenvalue weighted by atomic mass is 16.7. The number of carbonyl (C=O) groups is 5. The second kappa shape index (κ2) is 11.7. The lowest BCUT2D eigenvalue weighted by molar-refractivity contribution is -0.295. The van der Waals surface area contributed by atoms with Gasteiger partial charge in [0.1, 0.15) is 12.7 Å². The van der Waals surface area contributed by atoms with Crippen molar-refractivity contribution in [3.05, 3.63) is 0 Å². The Kier molecular flexibility index (Phi) is 10.0. The Morgan fingerprint density at radius 2 is 1.62 bits per heavy atom. The molecule has 0 unspecified atom stereocenters. The number of esters is 4. The fourth-order valence-electron chi connectivity index (χ4n) is 3.37. The van der Waals surface area contributed by atoms with Crippen molar-refractivity contribution in [1.82, 2.24) is 5.32 Å². The lowest BCUT2D eigenvalue weighted by Gasteiger charge is -2.47. The number of hydrogen-bond acceptors (Lipinski definition) is 12. The van der Waals surface area contributed by atoms with E-state index in [9.17, 15) is 24.0 Å². The summed E-state index contributed by atoms with van der Waals surface area (Å²) in [4.78, 5) is 59.2. The molecule has 0 aromatic heterocycles. The average molecular weight is 462 g/mol. The molecule has 1 aliphatic rings. The minimum Gasteiger partial charge on any atom is -0.465 e. The van der Waals surface area contributed by atoms with Crippen LogP contribution in [0, 0.1) is 0 Å². The quantitative estimate of drug-likeness (QED) is 0.301. The van der Waals surface area contributed by atoms with Crippen LogP contribution in [-0.2, 0) is 52.4 Å². The third-order valence-electron chi connectivity index (χ3n) is 4.60. The van der Waals surface area contributed by atoms with Crippen LogP contribution >= 0.6 is 0 Å². The van der Waals surface area contributed by atoms with Crippen LogP contribution in [0.25, 0.3) is 0 Å². The smallest absolute Gasteiger partial charge is 0.366 e. The summed E-state index contributed by atoms with van der Waals surface area (Å²) in [5.74, 6) is -5.69. The monoisotopic (exact) mass is 462 g/mol. The van der Waals surface area contributed by atoms with E-state index < -0.39 is 72.6 Å². The molecule has 0 saturated carbocycles. The zero-order valence-electron chi connectivity index (χ0n) is 18.9. The van der Waals surface area contributed by atoms with Gasteiger partial charge in [-0.2, -0.15) is 0 Å². The number of ether oxygens (including phenoxy) is 6. The molecule has 0 aromatic rings. The summed E-state index contributed by atoms with van der Waals surface area (Å²) in [5.41, 5.74) is 6.24. The standard InChI is InChI=1S/C19H30N2O11/c1-9(22)21-15-13(20)7-19(28-6,18(26)27-5)32-17(15)16(31-12(4)25)14(30-11(3)24)8-29-10(2)23/h13-17H,7-8,20H2,1-6H3,(H,21,22)/t13-,14+,15+,16+,17+,19+/m0/s1. The maximum Gasteiger partial charge on any atom is 0.366 e. The molecule has 0 spiro atoms. The lowest BCUT2D eigenvalue weighted by Crippen LogP contribution is -2.70. The van der Waals surface area contributed by atoms with E-state index in [0.717, 1.165) is 27.9 Å². The minimum atomic E-state index is -2.01. The van der Waals surface area contributed by atoms with Gasteiger partial charge in [0.2, 0.25) is 5.91 Å². The van der Waals surface area contributed by atoms with Gasteiger partial charge in [0.15, 0.2) is 12.2 Å². The normalized spacial score (nSPS) is 26.8. The maximum atomic E-state index is 12.5. The van der Waals surface area contributed by atoms with E-state index in [-0.39, 0.29) is 6.42 Å². The number of nitrogens with one attached hydrogen (secondary N) is 1. The summed E-state index contributed by atoms with van der Waals surface area (Å²) in [6.45, 7) is 4.03. The second-order valence-corrected chi connectivity index (χ2v) is 7.15. The van der Waals surface area contributed by atoms with Gasteiger partial charge in [-0.15, -0.1) is 0 Å². The third-order valence-corrected chi connectivity index (χ3v) is 4.60. The Balaban J connectivity index is 3.54. The van der Waals surface area contributed by atoms with Gasteiger partial charge < -0.3 is 39.5 Å². The Hall–Kier alpha value is -2.77. The number of methoxy groups -OCH3 is 2. The van der Waals surface area contributed by atoms with Crippen molar-refractivity contribution < 1.29 is 52.4 Å². The molecule has 0 aromatic carbocycles. The summed E-state index contributed by atoms with van der Waals surface area (Å²) in [6.07, 6.45) is -4.41. The van der Waals surface area contributed by atoms with Crippen LogP contribution in [0.5, 0.6) is 0 Å². The van der Waals surface area contributed by atoms with E-state index in [4.69, 9.17) is 34.2 Å². The molecule has 32 heavy (non-hydrogen) atoms. The molecule has 6 atom stereocenters. The van der Waals surface area contributed by atoms with Crippen LogP contribution in [-0.4, -0.2) is 86.8 Å². The molecule has 1 fully saturated rings. The first-order valence-electron chi connectivity index (χ1n) is 9.68. The fourth-order valence-corrected chi connectivity index (χ4v) is 3.37. The van der Waals surface area contributed by atoms with E-state index in [0.29, 0.717) is 0 Å². The third kappa shape index (κ3) is 7.14. The molecule has 1 aliphatic heterocycles. The molecule has 1 amide bonds. The van der Waals surface area contributed by atoms with Crippen molar-refractivity contribution in [2.45, 2.75) is 70.3 Å². The molecule has 13 heteroatoms. The summed E-state index contributed by atoms with van der Waals surface area (Å²) in [6, 6.07) is -1.96. The van der Waals surface area contributed by atoms with Crippen LogP contribution in [0.1, 0.15) is 34.1 Å². The number of hydrogen-bond donors (Lipinski definition) is 2. The molecule has 0 bridgehead atoms. The van der Waals surface area contributed by atoms with Crippen LogP contribution in [0.3, 0.4) is 0 Å². The van der Waals surface area contributed by atoms with Gasteiger partial charge in [-0.1, -0.05) is 0 Å². The molecular formula is C19H30N2O11. The molecule has 1 heterocycles. The molecular weight excluding hydrogens is 432 g/mol. The van der Waals surface area contributed by atoms with Crippen LogP contribution < -0.4 is 11.1 Å². The van der Waals surface area contributed by atoms with Crippen LogP contribution in [0.15, 0.2) is 0 Å². The average Bonchev–Trinajstić information content (AvgIpc) is 2.69. The Morgan fingerprint density at radius 1 is 1.03 bits per heavy atom. The van der Waals surface area contributed by atoms with E-state index in [1.54, 1.807) is 0 Å². The Labute approximate surface area is 185 Å². The minimum absolute atomic E-state index is 0.216. The van der Waals surface area contributed by atoms with Crippen LogP contribution in [0.2, 0.25) is 0 Å². The van der Waals surface area contributed by atoms with Crippen molar-refractivity contribution in [3.8, 4) is 0 Å². The van der Waals surface area contributed by atoms with E-state index in [1.807, 2.05) is 0 Å². The van der Waals surface area contributed by atoms with Gasteiger partial charge in [0.05, 0.1) is 13.2 Å². The largest absolute Gasteiger partial charge is 0.465 e. The first-order chi connectivity index (χ1) is 14.9. The highest BCUT2D eigenvalue weighted by Crippen LogP contribution is 2.34. The summed E-state index contributed by atoms with van der Waals surface area (Å²) < 4.78 is 31.4. The predicted octanol–water partition coefficient (Wildman–Crippen LogP) is -1.45. The van der Waals surface area contributed by atoms with Gasteiger partial charge in [-0.25, -0.2) is 4.79 Å². The topological polar surface area (TPSA) is 179 Å².